The van der Waals surface area contributed by atoms with Crippen LogP contribution in [0.4, 0.5) is 5.69 Å². The molecule has 0 saturated carbocycles. The van der Waals surface area contributed by atoms with Crippen molar-refractivity contribution in [3.05, 3.63) is 57.6 Å². The molecule has 0 aliphatic rings. The predicted octanol–water partition coefficient (Wildman–Crippen LogP) is 3.74. The molecule has 0 atom stereocenters. The zero-order valence-electron chi connectivity index (χ0n) is 14.9. The van der Waals surface area contributed by atoms with Gasteiger partial charge in [-0.2, -0.15) is 0 Å². The van der Waals surface area contributed by atoms with E-state index in [9.17, 15) is 14.4 Å². The second kappa shape index (κ2) is 9.96. The van der Waals surface area contributed by atoms with Crippen LogP contribution in [-0.4, -0.2) is 29.4 Å². The average molecular weight is 425 g/mol. The van der Waals surface area contributed by atoms with Crippen LogP contribution in [0.1, 0.15) is 29.3 Å². The largest absolute Gasteiger partial charge is 0.486 e. The number of hydrogen-bond acceptors (Lipinski definition) is 4. The first kappa shape index (κ1) is 21.5. The summed E-state index contributed by atoms with van der Waals surface area (Å²) in [6.07, 6.45) is 0.373. The van der Waals surface area contributed by atoms with E-state index in [0.717, 1.165) is 5.56 Å². The normalized spacial score (nSPS) is 10.2. The predicted molar refractivity (Wildman–Crippen MR) is 106 cm³/mol. The smallest absolute Gasteiger partial charge is 0.322 e. The van der Waals surface area contributed by atoms with E-state index in [1.165, 1.54) is 12.1 Å². The molecule has 0 aliphatic heterocycles. The highest BCUT2D eigenvalue weighted by molar-refractivity contribution is 6.37. The fourth-order valence-electron chi connectivity index (χ4n) is 2.23. The molecular formula is C19H18Cl2N2O5. The van der Waals surface area contributed by atoms with Crippen LogP contribution >= 0.6 is 23.2 Å². The third-order valence-electron chi connectivity index (χ3n) is 3.58. The number of rotatable bonds is 8. The molecule has 2 aromatic rings. The Morgan fingerprint density at radius 3 is 2.39 bits per heavy atom. The lowest BCUT2D eigenvalue weighted by atomic mass is 10.2. The number of carboxylic acid groups (broad SMARTS) is 1. The van der Waals surface area contributed by atoms with Crippen molar-refractivity contribution in [2.45, 2.75) is 20.0 Å². The number of ether oxygens (including phenoxy) is 1. The van der Waals surface area contributed by atoms with Gasteiger partial charge in [-0.3, -0.25) is 14.4 Å². The van der Waals surface area contributed by atoms with Crippen molar-refractivity contribution in [1.29, 1.82) is 0 Å². The van der Waals surface area contributed by atoms with Gasteiger partial charge in [-0.25, -0.2) is 0 Å². The molecule has 2 aromatic carbocycles. The molecule has 0 radical (unpaired) electrons. The minimum Gasteiger partial charge on any atom is -0.486 e. The Hall–Kier alpha value is -2.77. The molecule has 0 heterocycles. The van der Waals surface area contributed by atoms with Crippen molar-refractivity contribution in [2.24, 2.45) is 0 Å². The van der Waals surface area contributed by atoms with Crippen molar-refractivity contribution in [3.8, 4) is 5.75 Å². The summed E-state index contributed by atoms with van der Waals surface area (Å²) in [5, 5.41) is 13.8. The van der Waals surface area contributed by atoms with E-state index in [4.69, 9.17) is 33.0 Å². The standard InChI is InChI=1S/C19H18Cl2N2O5/c1-2-16(24)23-13-5-3-4-11(6-13)10-28-18-14(20)7-12(8-15(18)21)19(27)22-9-17(25)26/h3-8H,2,9-10H2,1H3,(H,22,27)(H,23,24)(H,25,26). The number of aliphatic carboxylic acids is 1. The molecular weight excluding hydrogens is 407 g/mol. The van der Waals surface area contributed by atoms with Gasteiger partial charge in [-0.05, 0) is 29.8 Å². The molecule has 0 fully saturated rings. The van der Waals surface area contributed by atoms with E-state index in [1.807, 2.05) is 6.07 Å². The number of nitrogens with one attached hydrogen (secondary N) is 2. The van der Waals surface area contributed by atoms with Gasteiger partial charge in [0.1, 0.15) is 13.2 Å². The number of carboxylic acids is 1. The van der Waals surface area contributed by atoms with Crippen LogP contribution in [0, 0.1) is 0 Å². The molecule has 7 nitrogen and oxygen atoms in total. The highest BCUT2D eigenvalue weighted by Crippen LogP contribution is 2.35. The first-order valence-corrected chi connectivity index (χ1v) is 9.06. The maximum Gasteiger partial charge on any atom is 0.322 e. The van der Waals surface area contributed by atoms with Gasteiger partial charge in [0, 0.05) is 17.7 Å². The van der Waals surface area contributed by atoms with E-state index in [-0.39, 0.29) is 33.9 Å². The molecule has 2 rings (SSSR count). The van der Waals surface area contributed by atoms with Crippen LogP contribution < -0.4 is 15.4 Å². The summed E-state index contributed by atoms with van der Waals surface area (Å²) < 4.78 is 5.67. The molecule has 0 unspecified atom stereocenters. The summed E-state index contributed by atoms with van der Waals surface area (Å²) >= 11 is 12.3. The van der Waals surface area contributed by atoms with Crippen molar-refractivity contribution in [2.75, 3.05) is 11.9 Å². The lowest BCUT2D eigenvalue weighted by Crippen LogP contribution is -2.29. The number of carbonyl (C=O) groups is 3. The van der Waals surface area contributed by atoms with Gasteiger partial charge in [0.25, 0.3) is 5.91 Å². The number of carbonyl (C=O) groups excluding carboxylic acids is 2. The number of hydrogen-bond donors (Lipinski definition) is 3. The van der Waals surface area contributed by atoms with Crippen LogP contribution in [0.5, 0.6) is 5.75 Å². The van der Waals surface area contributed by atoms with E-state index >= 15 is 0 Å². The van der Waals surface area contributed by atoms with Crippen molar-refractivity contribution in [3.63, 3.8) is 0 Å². The third kappa shape index (κ3) is 6.14. The molecule has 3 N–H and O–H groups in total. The lowest BCUT2D eigenvalue weighted by molar-refractivity contribution is -0.135. The maximum absolute atomic E-state index is 11.9. The topological polar surface area (TPSA) is 105 Å². The first-order valence-electron chi connectivity index (χ1n) is 8.30. The summed E-state index contributed by atoms with van der Waals surface area (Å²) in [6.45, 7) is 1.38. The Labute approximate surface area is 171 Å². The van der Waals surface area contributed by atoms with Crippen molar-refractivity contribution < 1.29 is 24.2 Å². The molecule has 0 saturated heterocycles. The van der Waals surface area contributed by atoms with Crippen LogP contribution in [0.3, 0.4) is 0 Å². The van der Waals surface area contributed by atoms with Gasteiger partial charge in [0.05, 0.1) is 10.0 Å². The first-order chi connectivity index (χ1) is 13.3. The number of anilines is 1. The molecule has 148 valence electrons. The quantitative estimate of drug-likeness (QED) is 0.598. The number of amides is 2. The van der Waals surface area contributed by atoms with E-state index in [1.54, 1.807) is 25.1 Å². The van der Waals surface area contributed by atoms with Gasteiger partial charge in [-0.1, -0.05) is 42.3 Å². The van der Waals surface area contributed by atoms with Crippen LogP contribution in [-0.2, 0) is 16.2 Å². The van der Waals surface area contributed by atoms with Gasteiger partial charge in [0.2, 0.25) is 5.91 Å². The Morgan fingerprint density at radius 2 is 1.79 bits per heavy atom. The fourth-order valence-corrected chi connectivity index (χ4v) is 2.83. The highest BCUT2D eigenvalue weighted by Gasteiger charge is 2.15. The Kier molecular flexibility index (Phi) is 7.66. The second-order valence-electron chi connectivity index (χ2n) is 5.74. The zero-order valence-corrected chi connectivity index (χ0v) is 16.4. The van der Waals surface area contributed by atoms with Gasteiger partial charge >= 0.3 is 5.97 Å². The molecule has 28 heavy (non-hydrogen) atoms. The second-order valence-corrected chi connectivity index (χ2v) is 6.55. The van der Waals surface area contributed by atoms with Crippen LogP contribution in [0.2, 0.25) is 10.0 Å². The zero-order chi connectivity index (χ0) is 20.7. The molecule has 9 heteroatoms. The number of halogens is 2. The van der Waals surface area contributed by atoms with Gasteiger partial charge < -0.3 is 20.5 Å². The summed E-state index contributed by atoms with van der Waals surface area (Å²) in [6, 6.07) is 9.82. The van der Waals surface area contributed by atoms with E-state index in [0.29, 0.717) is 12.1 Å². The third-order valence-corrected chi connectivity index (χ3v) is 4.14. The monoisotopic (exact) mass is 424 g/mol. The Morgan fingerprint density at radius 1 is 1.11 bits per heavy atom. The molecule has 0 spiro atoms. The molecule has 0 bridgehead atoms. The minimum absolute atomic E-state index is 0.0964. The van der Waals surface area contributed by atoms with Crippen molar-refractivity contribution >= 4 is 46.7 Å². The van der Waals surface area contributed by atoms with E-state index < -0.39 is 18.4 Å². The SMILES string of the molecule is CCC(=O)Nc1cccc(COc2c(Cl)cc(C(=O)NCC(=O)O)cc2Cl)c1. The highest BCUT2D eigenvalue weighted by atomic mass is 35.5. The van der Waals surface area contributed by atoms with E-state index in [2.05, 4.69) is 10.6 Å². The van der Waals surface area contributed by atoms with Crippen molar-refractivity contribution in [1.82, 2.24) is 5.32 Å². The lowest BCUT2D eigenvalue weighted by Gasteiger charge is -2.13. The molecule has 2 amide bonds. The fraction of sp³-hybridized carbons (Fsp3) is 0.211. The van der Waals surface area contributed by atoms with Gasteiger partial charge in [0.15, 0.2) is 5.75 Å². The Bertz CT molecular complexity index is 879. The molecule has 0 aliphatic carbocycles. The van der Waals surface area contributed by atoms with Crippen LogP contribution in [0.15, 0.2) is 36.4 Å². The summed E-state index contributed by atoms with van der Waals surface area (Å²) in [5.74, 6) is -1.68. The number of benzene rings is 2. The van der Waals surface area contributed by atoms with Crippen LogP contribution in [0.25, 0.3) is 0 Å². The van der Waals surface area contributed by atoms with Gasteiger partial charge in [-0.15, -0.1) is 0 Å². The summed E-state index contributed by atoms with van der Waals surface area (Å²) in [5.41, 5.74) is 1.55. The summed E-state index contributed by atoms with van der Waals surface area (Å²) in [4.78, 5) is 34.0. The maximum atomic E-state index is 11.9. The molecule has 0 aromatic heterocycles. The minimum atomic E-state index is -1.16. The Balaban J connectivity index is 2.08. The summed E-state index contributed by atoms with van der Waals surface area (Å²) in [7, 11) is 0. The average Bonchev–Trinajstić information content (AvgIpc) is 2.65.